The molecule has 21 heavy (non-hydrogen) atoms. The number of terminal acetylenes is 1. The monoisotopic (exact) mass is 281 g/mol. The van der Waals surface area contributed by atoms with Gasteiger partial charge in [0.05, 0.1) is 12.1 Å². The summed E-state index contributed by atoms with van der Waals surface area (Å²) in [6.45, 7) is 1.92. The maximum atomic E-state index is 5.19. The number of nitrogens with one attached hydrogen (secondary N) is 3. The minimum absolute atomic E-state index is 0.458. The molecule has 1 heterocycles. The summed E-state index contributed by atoms with van der Waals surface area (Å²) in [5.74, 6) is 4.07. The van der Waals surface area contributed by atoms with E-state index in [9.17, 15) is 0 Å². The van der Waals surface area contributed by atoms with Crippen molar-refractivity contribution in [3.63, 3.8) is 0 Å². The van der Waals surface area contributed by atoms with Crippen LogP contribution in [-0.4, -0.2) is 37.6 Å². The molecule has 0 atom stereocenters. The van der Waals surface area contributed by atoms with E-state index in [1.807, 2.05) is 24.3 Å². The maximum Gasteiger partial charge on any atom is 0.191 e. The van der Waals surface area contributed by atoms with Crippen molar-refractivity contribution in [2.75, 3.05) is 32.0 Å². The molecule has 0 unspecified atom stereocenters. The van der Waals surface area contributed by atoms with Gasteiger partial charge in [-0.15, -0.1) is 6.42 Å². The Morgan fingerprint density at radius 2 is 2.05 bits per heavy atom. The number of pyridine rings is 1. The fourth-order valence-electron chi connectivity index (χ4n) is 1.89. The predicted octanol–water partition coefficient (Wildman–Crippen LogP) is 1.44. The van der Waals surface area contributed by atoms with Gasteiger partial charge in [-0.25, -0.2) is 4.98 Å². The molecule has 0 fully saturated rings. The zero-order chi connectivity index (χ0) is 14.9. The van der Waals surface area contributed by atoms with Gasteiger partial charge in [0.1, 0.15) is 5.82 Å². The lowest BCUT2D eigenvalue weighted by atomic mass is 10.2. The topological polar surface area (TPSA) is 61.3 Å². The highest BCUT2D eigenvalue weighted by Crippen LogP contribution is 2.13. The number of para-hydroxylation sites is 1. The molecule has 108 valence electrons. The molecule has 5 nitrogen and oxygen atoms in total. The minimum Gasteiger partial charge on any atom is -0.368 e. The molecule has 0 aliphatic carbocycles. The Balaban J connectivity index is 1.81. The number of hydrogen-bond acceptors (Lipinski definition) is 3. The summed E-state index contributed by atoms with van der Waals surface area (Å²) >= 11 is 0. The zero-order valence-electron chi connectivity index (χ0n) is 12.1. The van der Waals surface area contributed by atoms with Crippen LogP contribution in [-0.2, 0) is 0 Å². The lowest BCUT2D eigenvalue weighted by molar-refractivity contribution is 0.851. The molecule has 0 spiro atoms. The van der Waals surface area contributed by atoms with E-state index in [4.69, 9.17) is 6.42 Å². The second-order valence-electron chi connectivity index (χ2n) is 4.37. The number of guanidine groups is 1. The van der Waals surface area contributed by atoms with E-state index in [0.717, 1.165) is 29.8 Å². The Hall–Kier alpha value is -2.74. The first-order valence-corrected chi connectivity index (χ1v) is 6.81. The number of hydrogen-bond donors (Lipinski definition) is 3. The van der Waals surface area contributed by atoms with Crippen LogP contribution in [0, 0.1) is 12.3 Å². The van der Waals surface area contributed by atoms with Crippen molar-refractivity contribution in [2.24, 2.45) is 4.99 Å². The highest BCUT2D eigenvalue weighted by molar-refractivity contribution is 5.80. The third-order valence-corrected chi connectivity index (χ3v) is 2.90. The van der Waals surface area contributed by atoms with E-state index in [-0.39, 0.29) is 0 Å². The zero-order valence-corrected chi connectivity index (χ0v) is 12.1. The molecule has 1 aromatic carbocycles. The molecule has 3 N–H and O–H groups in total. The number of aromatic nitrogens is 1. The molecular weight excluding hydrogens is 262 g/mol. The van der Waals surface area contributed by atoms with Crippen molar-refractivity contribution in [3.8, 4) is 12.3 Å². The molecule has 1 aromatic heterocycles. The van der Waals surface area contributed by atoms with Crippen molar-refractivity contribution < 1.29 is 0 Å². The first kappa shape index (κ1) is 14.7. The van der Waals surface area contributed by atoms with E-state index >= 15 is 0 Å². The third-order valence-electron chi connectivity index (χ3n) is 2.90. The fourth-order valence-corrected chi connectivity index (χ4v) is 1.89. The molecule has 0 amide bonds. The standard InChI is InChI=1S/C16H19N5/c1-3-10-19-16(17-2)20-12-11-18-15-9-8-13-6-4-5-7-14(13)21-15/h1,4-9H,10-12H2,2H3,(H,18,21)(H2,17,19,20). The smallest absolute Gasteiger partial charge is 0.191 e. The van der Waals surface area contributed by atoms with Crippen molar-refractivity contribution in [1.29, 1.82) is 0 Å². The van der Waals surface area contributed by atoms with Gasteiger partial charge < -0.3 is 16.0 Å². The maximum absolute atomic E-state index is 5.19. The van der Waals surface area contributed by atoms with E-state index in [2.05, 4.69) is 44.0 Å². The normalized spacial score (nSPS) is 11.0. The first-order chi connectivity index (χ1) is 10.3. The van der Waals surface area contributed by atoms with Crippen molar-refractivity contribution in [3.05, 3.63) is 36.4 Å². The van der Waals surface area contributed by atoms with Gasteiger partial charge in [0.25, 0.3) is 0 Å². The van der Waals surface area contributed by atoms with Crippen LogP contribution in [0.3, 0.4) is 0 Å². The molecular formula is C16H19N5. The molecule has 0 saturated heterocycles. The van der Waals surface area contributed by atoms with Crippen LogP contribution < -0.4 is 16.0 Å². The fraction of sp³-hybridized carbons (Fsp3) is 0.250. The molecule has 0 radical (unpaired) electrons. The quantitative estimate of drug-likeness (QED) is 0.336. The molecule has 2 aromatic rings. The van der Waals surface area contributed by atoms with Crippen molar-refractivity contribution in [2.45, 2.75) is 0 Å². The summed E-state index contributed by atoms with van der Waals surface area (Å²) in [5, 5.41) is 10.6. The van der Waals surface area contributed by atoms with Gasteiger partial charge in [-0.05, 0) is 18.2 Å². The van der Waals surface area contributed by atoms with Crippen LogP contribution in [0.4, 0.5) is 5.82 Å². The van der Waals surface area contributed by atoms with Crippen LogP contribution >= 0.6 is 0 Å². The van der Waals surface area contributed by atoms with Gasteiger partial charge in [0.15, 0.2) is 5.96 Å². The molecule has 0 bridgehead atoms. The average molecular weight is 281 g/mol. The third kappa shape index (κ3) is 4.39. The average Bonchev–Trinajstić information content (AvgIpc) is 2.54. The molecule has 0 saturated carbocycles. The van der Waals surface area contributed by atoms with Crippen LogP contribution in [0.5, 0.6) is 0 Å². The van der Waals surface area contributed by atoms with E-state index in [0.29, 0.717) is 12.5 Å². The molecule has 2 rings (SSSR count). The Kier molecular flexibility index (Phi) is 5.41. The second kappa shape index (κ2) is 7.75. The van der Waals surface area contributed by atoms with Gasteiger partial charge in [0.2, 0.25) is 0 Å². The first-order valence-electron chi connectivity index (χ1n) is 6.81. The predicted molar refractivity (Wildman–Crippen MR) is 88.4 cm³/mol. The van der Waals surface area contributed by atoms with Gasteiger partial charge in [-0.1, -0.05) is 24.1 Å². The van der Waals surface area contributed by atoms with Crippen LogP contribution in [0.25, 0.3) is 10.9 Å². The minimum atomic E-state index is 0.458. The summed E-state index contributed by atoms with van der Waals surface area (Å²) in [4.78, 5) is 8.62. The lowest BCUT2D eigenvalue weighted by Gasteiger charge is -2.11. The number of rotatable bonds is 5. The summed E-state index contributed by atoms with van der Waals surface area (Å²) in [7, 11) is 1.71. The summed E-state index contributed by atoms with van der Waals surface area (Å²) in [6, 6.07) is 12.1. The Bertz CT molecular complexity index is 657. The summed E-state index contributed by atoms with van der Waals surface area (Å²) in [6.07, 6.45) is 5.19. The van der Waals surface area contributed by atoms with E-state index in [1.54, 1.807) is 7.05 Å². The van der Waals surface area contributed by atoms with Crippen molar-refractivity contribution >= 4 is 22.7 Å². The summed E-state index contributed by atoms with van der Waals surface area (Å²) in [5.41, 5.74) is 0.988. The lowest BCUT2D eigenvalue weighted by Crippen LogP contribution is -2.39. The highest BCUT2D eigenvalue weighted by atomic mass is 15.2. The highest BCUT2D eigenvalue weighted by Gasteiger charge is 1.98. The Labute approximate surface area is 124 Å². The number of anilines is 1. The largest absolute Gasteiger partial charge is 0.368 e. The van der Waals surface area contributed by atoms with Gasteiger partial charge in [-0.3, -0.25) is 4.99 Å². The number of nitrogens with zero attached hydrogens (tertiary/aromatic N) is 2. The van der Waals surface area contributed by atoms with Crippen LogP contribution in [0.2, 0.25) is 0 Å². The molecule has 0 aliphatic rings. The second-order valence-corrected chi connectivity index (χ2v) is 4.37. The number of benzene rings is 1. The van der Waals surface area contributed by atoms with Gasteiger partial charge in [-0.2, -0.15) is 0 Å². The van der Waals surface area contributed by atoms with Gasteiger partial charge in [0, 0.05) is 25.5 Å². The SMILES string of the molecule is C#CCNC(=NC)NCCNc1ccc2ccccc2n1. The van der Waals surface area contributed by atoms with Gasteiger partial charge >= 0.3 is 0 Å². The number of aliphatic imine (C=N–C) groups is 1. The Morgan fingerprint density at radius 3 is 2.86 bits per heavy atom. The Morgan fingerprint density at radius 1 is 1.19 bits per heavy atom. The summed E-state index contributed by atoms with van der Waals surface area (Å²) < 4.78 is 0. The molecule has 0 aliphatic heterocycles. The van der Waals surface area contributed by atoms with Crippen molar-refractivity contribution in [1.82, 2.24) is 15.6 Å². The van der Waals surface area contributed by atoms with E-state index in [1.165, 1.54) is 0 Å². The molecule has 5 heteroatoms. The van der Waals surface area contributed by atoms with E-state index < -0.39 is 0 Å². The van der Waals surface area contributed by atoms with Crippen LogP contribution in [0.1, 0.15) is 0 Å². The number of fused-ring (bicyclic) bond motifs is 1. The van der Waals surface area contributed by atoms with Crippen LogP contribution in [0.15, 0.2) is 41.4 Å².